The number of nitrogens with zero attached hydrogens (tertiary/aromatic N) is 4. The molecule has 126 valence electrons. The van der Waals surface area contributed by atoms with Crippen molar-refractivity contribution < 1.29 is 0 Å². The smallest absolute Gasteiger partial charge is 0.251 e. The van der Waals surface area contributed by atoms with Crippen LogP contribution in [0.3, 0.4) is 0 Å². The minimum Gasteiger partial charge on any atom is -0.339 e. The molecule has 0 aliphatic carbocycles. The average Bonchev–Trinajstić information content (AvgIpc) is 3.06. The molecule has 1 aromatic heterocycles. The second kappa shape index (κ2) is 6.51. The Morgan fingerprint density at radius 3 is 2.64 bits per heavy atom. The standard InChI is InChI=1S/C20H21N5/c1-14(2)15-7-9-17(10-8-15)22-19-13-21-24-20(23-19)25-12-11-16-5-3-4-6-18(16)25/h3-10,13-14H,11-12H2,1-2H3,(H,22,23,24). The van der Waals surface area contributed by atoms with Crippen LogP contribution in [0.15, 0.2) is 54.7 Å². The molecular formula is C20H21N5. The zero-order valence-corrected chi connectivity index (χ0v) is 14.5. The summed E-state index contributed by atoms with van der Waals surface area (Å²) in [6.07, 6.45) is 2.66. The Bertz CT molecular complexity index is 873. The third-order valence-electron chi connectivity index (χ3n) is 4.53. The van der Waals surface area contributed by atoms with Crippen LogP contribution < -0.4 is 10.2 Å². The summed E-state index contributed by atoms with van der Waals surface area (Å²) in [5.41, 5.74) is 4.81. The van der Waals surface area contributed by atoms with Gasteiger partial charge in [-0.2, -0.15) is 10.1 Å². The van der Waals surface area contributed by atoms with Gasteiger partial charge >= 0.3 is 0 Å². The van der Waals surface area contributed by atoms with Crippen molar-refractivity contribution in [3.05, 3.63) is 65.9 Å². The van der Waals surface area contributed by atoms with Gasteiger partial charge in [-0.15, -0.1) is 5.10 Å². The Morgan fingerprint density at radius 2 is 1.84 bits per heavy atom. The maximum atomic E-state index is 4.65. The summed E-state index contributed by atoms with van der Waals surface area (Å²) in [5, 5.41) is 11.7. The molecule has 5 nitrogen and oxygen atoms in total. The molecule has 2 aromatic carbocycles. The molecule has 4 rings (SSSR count). The molecule has 0 spiro atoms. The average molecular weight is 331 g/mol. The van der Waals surface area contributed by atoms with Crippen molar-refractivity contribution in [3.63, 3.8) is 0 Å². The first-order valence-corrected chi connectivity index (χ1v) is 8.63. The summed E-state index contributed by atoms with van der Waals surface area (Å²) in [7, 11) is 0. The minimum atomic E-state index is 0.525. The molecular weight excluding hydrogens is 310 g/mol. The fourth-order valence-electron chi connectivity index (χ4n) is 3.11. The quantitative estimate of drug-likeness (QED) is 0.766. The summed E-state index contributed by atoms with van der Waals surface area (Å²) >= 11 is 0. The Balaban J connectivity index is 1.56. The van der Waals surface area contributed by atoms with Gasteiger partial charge in [0.1, 0.15) is 0 Å². The van der Waals surface area contributed by atoms with Crippen LogP contribution in [0.2, 0.25) is 0 Å². The van der Waals surface area contributed by atoms with Crippen molar-refractivity contribution in [1.29, 1.82) is 0 Å². The maximum absolute atomic E-state index is 4.65. The molecule has 0 fully saturated rings. The molecule has 3 aromatic rings. The fraction of sp³-hybridized carbons (Fsp3) is 0.250. The van der Waals surface area contributed by atoms with Crippen molar-refractivity contribution in [2.45, 2.75) is 26.2 Å². The van der Waals surface area contributed by atoms with E-state index in [1.54, 1.807) is 6.20 Å². The number of hydrogen-bond acceptors (Lipinski definition) is 5. The van der Waals surface area contributed by atoms with Crippen LogP contribution >= 0.6 is 0 Å². The van der Waals surface area contributed by atoms with E-state index in [1.807, 2.05) is 6.07 Å². The van der Waals surface area contributed by atoms with Gasteiger partial charge in [0.25, 0.3) is 5.95 Å². The van der Waals surface area contributed by atoms with E-state index in [1.165, 1.54) is 16.8 Å². The summed E-state index contributed by atoms with van der Waals surface area (Å²) in [6, 6.07) is 16.8. The van der Waals surface area contributed by atoms with E-state index in [9.17, 15) is 0 Å². The second-order valence-electron chi connectivity index (χ2n) is 6.57. The topological polar surface area (TPSA) is 53.9 Å². The van der Waals surface area contributed by atoms with Gasteiger partial charge in [0.2, 0.25) is 0 Å². The first-order chi connectivity index (χ1) is 12.2. The highest BCUT2D eigenvalue weighted by Crippen LogP contribution is 2.32. The van der Waals surface area contributed by atoms with Crippen LogP contribution in [0.4, 0.5) is 23.1 Å². The maximum Gasteiger partial charge on any atom is 0.251 e. The molecule has 1 aliphatic heterocycles. The van der Waals surface area contributed by atoms with Crippen LogP contribution in [0.1, 0.15) is 30.9 Å². The Kier molecular flexibility index (Phi) is 4.06. The van der Waals surface area contributed by atoms with Gasteiger partial charge in [-0.3, -0.25) is 0 Å². The van der Waals surface area contributed by atoms with E-state index in [0.29, 0.717) is 17.7 Å². The number of para-hydroxylation sites is 1. The van der Waals surface area contributed by atoms with Crippen LogP contribution in [0.25, 0.3) is 0 Å². The molecule has 0 saturated carbocycles. The number of hydrogen-bond donors (Lipinski definition) is 1. The monoisotopic (exact) mass is 331 g/mol. The van der Waals surface area contributed by atoms with Gasteiger partial charge in [-0.25, -0.2) is 0 Å². The van der Waals surface area contributed by atoms with Crippen LogP contribution in [0.5, 0.6) is 0 Å². The predicted molar refractivity (Wildman–Crippen MR) is 101 cm³/mol. The van der Waals surface area contributed by atoms with Gasteiger partial charge in [-0.05, 0) is 41.7 Å². The lowest BCUT2D eigenvalue weighted by molar-refractivity contribution is 0.867. The molecule has 5 heteroatoms. The van der Waals surface area contributed by atoms with Crippen LogP contribution in [0, 0.1) is 0 Å². The summed E-state index contributed by atoms with van der Waals surface area (Å²) in [4.78, 5) is 6.77. The Morgan fingerprint density at radius 1 is 1.04 bits per heavy atom. The summed E-state index contributed by atoms with van der Waals surface area (Å²) in [5.74, 6) is 1.86. The highest BCUT2D eigenvalue weighted by molar-refractivity contribution is 5.66. The zero-order chi connectivity index (χ0) is 17.2. The number of aromatic nitrogens is 3. The van der Waals surface area contributed by atoms with Crippen molar-refractivity contribution >= 4 is 23.1 Å². The number of nitrogens with one attached hydrogen (secondary N) is 1. The fourth-order valence-corrected chi connectivity index (χ4v) is 3.11. The molecule has 0 unspecified atom stereocenters. The zero-order valence-electron chi connectivity index (χ0n) is 14.5. The predicted octanol–water partition coefficient (Wildman–Crippen LogP) is 4.43. The van der Waals surface area contributed by atoms with E-state index in [4.69, 9.17) is 0 Å². The van der Waals surface area contributed by atoms with Crippen molar-refractivity contribution in [2.24, 2.45) is 0 Å². The largest absolute Gasteiger partial charge is 0.339 e. The molecule has 1 aliphatic rings. The van der Waals surface area contributed by atoms with Gasteiger partial charge < -0.3 is 10.2 Å². The highest BCUT2D eigenvalue weighted by Gasteiger charge is 2.22. The lowest BCUT2D eigenvalue weighted by atomic mass is 10.0. The third kappa shape index (κ3) is 3.18. The minimum absolute atomic E-state index is 0.525. The summed E-state index contributed by atoms with van der Waals surface area (Å²) in [6.45, 7) is 5.27. The highest BCUT2D eigenvalue weighted by atomic mass is 15.3. The van der Waals surface area contributed by atoms with Gasteiger partial charge in [-0.1, -0.05) is 44.2 Å². The van der Waals surface area contributed by atoms with E-state index in [-0.39, 0.29) is 0 Å². The molecule has 0 atom stereocenters. The van der Waals surface area contributed by atoms with Crippen LogP contribution in [-0.4, -0.2) is 21.7 Å². The number of benzene rings is 2. The van der Waals surface area contributed by atoms with Gasteiger partial charge in [0, 0.05) is 17.9 Å². The Hall–Kier alpha value is -2.95. The first kappa shape index (κ1) is 15.6. The lowest BCUT2D eigenvalue weighted by Gasteiger charge is -2.17. The van der Waals surface area contributed by atoms with E-state index >= 15 is 0 Å². The summed E-state index contributed by atoms with van der Waals surface area (Å²) < 4.78 is 0. The SMILES string of the molecule is CC(C)c1ccc(Nc2cnnc(N3CCc4ccccc43)n2)cc1. The normalized spacial score (nSPS) is 13.2. The van der Waals surface area contributed by atoms with E-state index in [0.717, 1.165) is 18.7 Å². The number of anilines is 4. The second-order valence-corrected chi connectivity index (χ2v) is 6.57. The number of fused-ring (bicyclic) bond motifs is 1. The molecule has 0 saturated heterocycles. The molecule has 1 N–H and O–H groups in total. The van der Waals surface area contributed by atoms with E-state index in [2.05, 4.69) is 81.7 Å². The molecule has 0 radical (unpaired) electrons. The van der Waals surface area contributed by atoms with Gasteiger partial charge in [0.05, 0.1) is 6.20 Å². The van der Waals surface area contributed by atoms with E-state index < -0.39 is 0 Å². The van der Waals surface area contributed by atoms with Crippen molar-refractivity contribution in [3.8, 4) is 0 Å². The molecule has 0 amide bonds. The molecule has 25 heavy (non-hydrogen) atoms. The lowest BCUT2D eigenvalue weighted by Crippen LogP contribution is -2.17. The van der Waals surface area contributed by atoms with Gasteiger partial charge in [0.15, 0.2) is 5.82 Å². The molecule has 2 heterocycles. The third-order valence-corrected chi connectivity index (χ3v) is 4.53. The van der Waals surface area contributed by atoms with Crippen LogP contribution in [-0.2, 0) is 6.42 Å². The molecule has 0 bridgehead atoms. The Labute approximate surface area is 147 Å². The number of rotatable bonds is 4. The van der Waals surface area contributed by atoms with Crippen molar-refractivity contribution in [1.82, 2.24) is 15.2 Å². The first-order valence-electron chi connectivity index (χ1n) is 8.63. The van der Waals surface area contributed by atoms with Crippen molar-refractivity contribution in [2.75, 3.05) is 16.8 Å².